The molecule has 144 valence electrons. The maximum absolute atomic E-state index is 13.3. The van der Waals surface area contributed by atoms with E-state index in [0.717, 1.165) is 69.2 Å². The molecule has 1 heterocycles. The molecule has 27 heavy (non-hydrogen) atoms. The van der Waals surface area contributed by atoms with Crippen molar-refractivity contribution in [1.29, 1.82) is 0 Å². The predicted molar refractivity (Wildman–Crippen MR) is 107 cm³/mol. The summed E-state index contributed by atoms with van der Waals surface area (Å²) in [6.45, 7) is 7.13. The standard InChI is InChI=1S/C23H29NO3/c1-2-3-15-27-21-11-9-20(10-12-21)23(25)22(19-7-5-4-6-8-19)18-24-13-16-26-17-14-24/h4-12,22H,2-3,13-18H2,1H3/p+1/t22-/m0/s1. The van der Waals surface area contributed by atoms with Crippen LogP contribution in [0, 0.1) is 0 Å². The molecule has 0 aromatic heterocycles. The number of quaternary nitrogens is 1. The van der Waals surface area contributed by atoms with Crippen LogP contribution in [0.3, 0.4) is 0 Å². The molecule has 0 radical (unpaired) electrons. The first-order valence-electron chi connectivity index (χ1n) is 10.0. The third kappa shape index (κ3) is 5.65. The van der Waals surface area contributed by atoms with Crippen molar-refractivity contribution in [3.8, 4) is 5.75 Å². The number of unbranched alkanes of at least 4 members (excludes halogenated alkanes) is 1. The van der Waals surface area contributed by atoms with E-state index in [1.807, 2.05) is 42.5 Å². The Morgan fingerprint density at radius 1 is 1.07 bits per heavy atom. The maximum Gasteiger partial charge on any atom is 0.175 e. The van der Waals surface area contributed by atoms with Crippen LogP contribution in [-0.4, -0.2) is 45.2 Å². The average Bonchev–Trinajstić information content (AvgIpc) is 2.74. The average molecular weight is 368 g/mol. The van der Waals surface area contributed by atoms with E-state index in [2.05, 4.69) is 19.1 Å². The van der Waals surface area contributed by atoms with Crippen LogP contribution in [0.2, 0.25) is 0 Å². The summed E-state index contributed by atoms with van der Waals surface area (Å²) in [7, 11) is 0. The lowest BCUT2D eigenvalue weighted by atomic mass is 9.90. The molecule has 0 amide bonds. The Bertz CT molecular complexity index is 693. The summed E-state index contributed by atoms with van der Waals surface area (Å²) in [6.07, 6.45) is 2.15. The number of ketones is 1. The Balaban J connectivity index is 1.73. The molecule has 1 fully saturated rings. The number of ether oxygens (including phenoxy) is 2. The van der Waals surface area contributed by atoms with Gasteiger partial charge in [0.05, 0.1) is 32.3 Å². The lowest BCUT2D eigenvalue weighted by Crippen LogP contribution is -3.14. The second kappa shape index (κ2) is 10.2. The van der Waals surface area contributed by atoms with Gasteiger partial charge in [0.15, 0.2) is 5.78 Å². The van der Waals surface area contributed by atoms with Crippen molar-refractivity contribution in [2.45, 2.75) is 25.7 Å². The first-order chi connectivity index (χ1) is 13.3. The summed E-state index contributed by atoms with van der Waals surface area (Å²) in [4.78, 5) is 14.7. The fourth-order valence-corrected chi connectivity index (χ4v) is 3.45. The van der Waals surface area contributed by atoms with E-state index < -0.39 is 0 Å². The van der Waals surface area contributed by atoms with Crippen molar-refractivity contribution in [2.75, 3.05) is 39.5 Å². The summed E-state index contributed by atoms with van der Waals surface area (Å²) in [5.41, 5.74) is 1.84. The molecule has 4 heteroatoms. The molecule has 0 unspecified atom stereocenters. The monoisotopic (exact) mass is 368 g/mol. The van der Waals surface area contributed by atoms with Crippen LogP contribution in [0.15, 0.2) is 54.6 Å². The summed E-state index contributed by atoms with van der Waals surface area (Å²) < 4.78 is 11.2. The van der Waals surface area contributed by atoms with Crippen molar-refractivity contribution in [2.24, 2.45) is 0 Å². The van der Waals surface area contributed by atoms with Gasteiger partial charge >= 0.3 is 0 Å². The fourth-order valence-electron chi connectivity index (χ4n) is 3.45. The SMILES string of the molecule is CCCCOc1ccc(C(=O)[C@@H](C[NH+]2CCOCC2)c2ccccc2)cc1. The zero-order chi connectivity index (χ0) is 18.9. The van der Waals surface area contributed by atoms with Gasteiger partial charge < -0.3 is 14.4 Å². The summed E-state index contributed by atoms with van der Waals surface area (Å²) in [5.74, 6) is 0.876. The lowest BCUT2D eigenvalue weighted by Gasteiger charge is -2.27. The van der Waals surface area contributed by atoms with Crippen molar-refractivity contribution < 1.29 is 19.2 Å². The molecule has 1 atom stereocenters. The predicted octanol–water partition coefficient (Wildman–Crippen LogP) is 2.75. The number of carbonyl (C=O) groups is 1. The van der Waals surface area contributed by atoms with Gasteiger partial charge in [-0.15, -0.1) is 0 Å². The molecule has 0 spiro atoms. The van der Waals surface area contributed by atoms with Crippen LogP contribution in [0.25, 0.3) is 0 Å². The molecule has 0 saturated carbocycles. The van der Waals surface area contributed by atoms with Crippen LogP contribution in [0.5, 0.6) is 5.75 Å². The minimum Gasteiger partial charge on any atom is -0.494 e. The van der Waals surface area contributed by atoms with Crippen LogP contribution in [0.1, 0.15) is 41.6 Å². The van der Waals surface area contributed by atoms with E-state index in [1.54, 1.807) is 0 Å². The van der Waals surface area contributed by atoms with Gasteiger partial charge in [0.25, 0.3) is 0 Å². The number of rotatable bonds is 9. The first-order valence-corrected chi connectivity index (χ1v) is 10.0. The van der Waals surface area contributed by atoms with E-state index in [1.165, 1.54) is 4.90 Å². The smallest absolute Gasteiger partial charge is 0.175 e. The molecule has 1 N–H and O–H groups in total. The van der Waals surface area contributed by atoms with Gasteiger partial charge in [-0.2, -0.15) is 0 Å². The number of Topliss-reactive ketones (excluding diaryl/α,β-unsaturated/α-hetero) is 1. The summed E-state index contributed by atoms with van der Waals surface area (Å²) in [6, 6.07) is 17.7. The number of morpholine rings is 1. The molecular formula is C23H30NO3+. The van der Waals surface area contributed by atoms with E-state index >= 15 is 0 Å². The van der Waals surface area contributed by atoms with Gasteiger partial charge in [-0.1, -0.05) is 43.7 Å². The third-order valence-electron chi connectivity index (χ3n) is 5.12. The van der Waals surface area contributed by atoms with Gasteiger partial charge in [0.1, 0.15) is 18.8 Å². The molecule has 0 aliphatic carbocycles. The number of carbonyl (C=O) groups excluding carboxylic acids is 1. The summed E-state index contributed by atoms with van der Waals surface area (Å²) >= 11 is 0. The van der Waals surface area contributed by atoms with Gasteiger partial charge in [-0.3, -0.25) is 4.79 Å². The normalized spacial score (nSPS) is 16.0. The number of hydrogen-bond acceptors (Lipinski definition) is 3. The van der Waals surface area contributed by atoms with Crippen molar-refractivity contribution in [3.63, 3.8) is 0 Å². The number of nitrogens with one attached hydrogen (secondary N) is 1. The van der Waals surface area contributed by atoms with Crippen LogP contribution < -0.4 is 9.64 Å². The molecular weight excluding hydrogens is 338 g/mol. The molecule has 1 saturated heterocycles. The zero-order valence-electron chi connectivity index (χ0n) is 16.2. The molecule has 1 aliphatic heterocycles. The second-order valence-corrected chi connectivity index (χ2v) is 7.12. The first kappa shape index (κ1) is 19.6. The highest BCUT2D eigenvalue weighted by Crippen LogP contribution is 2.22. The van der Waals surface area contributed by atoms with Gasteiger partial charge in [-0.25, -0.2) is 0 Å². The van der Waals surface area contributed by atoms with Gasteiger partial charge in [-0.05, 0) is 36.2 Å². The third-order valence-corrected chi connectivity index (χ3v) is 5.12. The second-order valence-electron chi connectivity index (χ2n) is 7.12. The molecule has 1 aliphatic rings. The minimum absolute atomic E-state index is 0.133. The Kier molecular flexibility index (Phi) is 7.43. The highest BCUT2D eigenvalue weighted by Gasteiger charge is 2.28. The highest BCUT2D eigenvalue weighted by atomic mass is 16.5. The van der Waals surface area contributed by atoms with E-state index in [-0.39, 0.29) is 11.7 Å². The molecule has 2 aromatic rings. The van der Waals surface area contributed by atoms with Gasteiger partial charge in [0, 0.05) is 5.56 Å². The molecule has 2 aromatic carbocycles. The molecule has 4 nitrogen and oxygen atoms in total. The number of hydrogen-bond donors (Lipinski definition) is 1. The quantitative estimate of drug-likeness (QED) is 0.546. The Morgan fingerprint density at radius 2 is 1.78 bits per heavy atom. The van der Waals surface area contributed by atoms with Crippen LogP contribution >= 0.6 is 0 Å². The minimum atomic E-state index is -0.133. The number of benzene rings is 2. The lowest BCUT2D eigenvalue weighted by molar-refractivity contribution is -0.908. The van der Waals surface area contributed by atoms with Crippen molar-refractivity contribution in [3.05, 3.63) is 65.7 Å². The van der Waals surface area contributed by atoms with Gasteiger partial charge in [0.2, 0.25) is 0 Å². The topological polar surface area (TPSA) is 40.0 Å². The van der Waals surface area contributed by atoms with Crippen molar-refractivity contribution in [1.82, 2.24) is 0 Å². The Labute approximate surface area is 162 Å². The van der Waals surface area contributed by atoms with E-state index in [9.17, 15) is 4.79 Å². The maximum atomic E-state index is 13.3. The summed E-state index contributed by atoms with van der Waals surface area (Å²) in [5, 5.41) is 0. The Morgan fingerprint density at radius 3 is 2.44 bits per heavy atom. The van der Waals surface area contributed by atoms with Crippen molar-refractivity contribution >= 4 is 5.78 Å². The highest BCUT2D eigenvalue weighted by molar-refractivity contribution is 6.01. The van der Waals surface area contributed by atoms with E-state index in [4.69, 9.17) is 9.47 Å². The van der Waals surface area contributed by atoms with E-state index in [0.29, 0.717) is 0 Å². The fraction of sp³-hybridized carbons (Fsp3) is 0.435. The largest absolute Gasteiger partial charge is 0.494 e. The zero-order valence-corrected chi connectivity index (χ0v) is 16.2. The molecule has 3 rings (SSSR count). The van der Waals surface area contributed by atoms with Crippen LogP contribution in [-0.2, 0) is 4.74 Å². The Hall–Kier alpha value is -2.17. The van der Waals surface area contributed by atoms with Crippen LogP contribution in [0.4, 0.5) is 0 Å². The molecule has 0 bridgehead atoms.